The van der Waals surface area contributed by atoms with Gasteiger partial charge in [-0.3, -0.25) is 4.90 Å². The van der Waals surface area contributed by atoms with Crippen molar-refractivity contribution in [3.63, 3.8) is 0 Å². The third-order valence-corrected chi connectivity index (χ3v) is 4.25. The van der Waals surface area contributed by atoms with Crippen LogP contribution in [0.15, 0.2) is 18.2 Å². The van der Waals surface area contributed by atoms with Crippen molar-refractivity contribution in [2.24, 2.45) is 0 Å². The van der Waals surface area contributed by atoms with Crippen molar-refractivity contribution < 1.29 is 4.74 Å². The fourth-order valence-corrected chi connectivity index (χ4v) is 3.32. The van der Waals surface area contributed by atoms with E-state index >= 15 is 0 Å². The van der Waals surface area contributed by atoms with Gasteiger partial charge in [-0.2, -0.15) is 17.0 Å². The van der Waals surface area contributed by atoms with Gasteiger partial charge in [0.05, 0.1) is 12.7 Å². The number of hydrogen-bond donors (Lipinski definition) is 0. The minimum absolute atomic E-state index is 0.620. The average molecular weight is 262 g/mol. The van der Waals surface area contributed by atoms with Crippen LogP contribution in [0.4, 0.5) is 0 Å². The monoisotopic (exact) mass is 262 g/mol. The van der Waals surface area contributed by atoms with Gasteiger partial charge in [-0.05, 0) is 17.7 Å². The zero-order chi connectivity index (χ0) is 13.0. The molecular weight excluding hydrogens is 244 g/mol. The molecule has 0 saturated carbocycles. The van der Waals surface area contributed by atoms with Crippen LogP contribution < -0.4 is 4.74 Å². The van der Waals surface area contributed by atoms with Crippen molar-refractivity contribution in [2.75, 3.05) is 26.0 Å². The summed E-state index contributed by atoms with van der Waals surface area (Å²) < 4.78 is 5.16. The van der Waals surface area contributed by atoms with Crippen LogP contribution in [-0.4, -0.2) is 36.1 Å². The summed E-state index contributed by atoms with van der Waals surface area (Å²) in [5, 5.41) is 9.78. The summed E-state index contributed by atoms with van der Waals surface area (Å²) in [6.07, 6.45) is 0. The van der Waals surface area contributed by atoms with E-state index in [4.69, 9.17) is 10.00 Å². The Bertz CT molecular complexity index is 456. The maximum atomic E-state index is 9.07. The van der Waals surface area contributed by atoms with E-state index in [1.807, 2.05) is 30.0 Å². The van der Waals surface area contributed by atoms with E-state index in [-0.39, 0.29) is 0 Å². The molecule has 1 saturated heterocycles. The normalized spacial score (nSPS) is 20.4. The summed E-state index contributed by atoms with van der Waals surface area (Å²) in [7, 11) is 1.60. The highest BCUT2D eigenvalue weighted by atomic mass is 32.2. The van der Waals surface area contributed by atoms with E-state index < -0.39 is 0 Å². The van der Waals surface area contributed by atoms with Gasteiger partial charge in [0.15, 0.2) is 0 Å². The third-order valence-electron chi connectivity index (χ3n) is 3.12. The number of ether oxygens (including phenoxy) is 1. The smallest absolute Gasteiger partial charge is 0.136 e. The predicted octanol–water partition coefficient (Wildman–Crippen LogP) is 2.50. The number of nitriles is 1. The lowest BCUT2D eigenvalue weighted by molar-refractivity contribution is 0.278. The number of nitrogens with zero attached hydrogens (tertiary/aromatic N) is 2. The maximum Gasteiger partial charge on any atom is 0.136 e. The first-order valence-corrected chi connectivity index (χ1v) is 7.18. The molecule has 0 amide bonds. The Balaban J connectivity index is 2.07. The zero-order valence-electron chi connectivity index (χ0n) is 10.8. The molecule has 1 unspecified atom stereocenters. The molecule has 0 N–H and O–H groups in total. The summed E-state index contributed by atoms with van der Waals surface area (Å²) in [6.45, 7) is 5.44. The van der Waals surface area contributed by atoms with Crippen molar-refractivity contribution >= 4 is 11.8 Å². The van der Waals surface area contributed by atoms with Crippen molar-refractivity contribution in [3.05, 3.63) is 29.3 Å². The molecule has 18 heavy (non-hydrogen) atoms. The summed E-state index contributed by atoms with van der Waals surface area (Å²) in [4.78, 5) is 2.45. The minimum atomic E-state index is 0.620. The number of methoxy groups -OCH3 is 1. The molecule has 3 nitrogen and oxygen atoms in total. The Kier molecular flexibility index (Phi) is 4.51. The standard InChI is InChI=1S/C14H18N2OS/c1-11-9-16(5-6-18-11)10-12-3-4-14(17-2)13(7-12)8-15/h3-4,7,11H,5-6,9-10H2,1-2H3. The Morgan fingerprint density at radius 3 is 3.06 bits per heavy atom. The number of thioether (sulfide) groups is 1. The fraction of sp³-hybridized carbons (Fsp3) is 0.500. The molecule has 1 aliphatic rings. The van der Waals surface area contributed by atoms with Gasteiger partial charge in [-0.1, -0.05) is 13.0 Å². The first kappa shape index (κ1) is 13.3. The van der Waals surface area contributed by atoms with E-state index in [9.17, 15) is 0 Å². The van der Waals surface area contributed by atoms with E-state index in [2.05, 4.69) is 17.9 Å². The average Bonchev–Trinajstić information content (AvgIpc) is 2.38. The van der Waals surface area contributed by atoms with E-state index in [1.165, 1.54) is 11.3 Å². The van der Waals surface area contributed by atoms with Crippen molar-refractivity contribution in [1.29, 1.82) is 5.26 Å². The van der Waals surface area contributed by atoms with Gasteiger partial charge < -0.3 is 4.74 Å². The highest BCUT2D eigenvalue weighted by Gasteiger charge is 2.17. The fourth-order valence-electron chi connectivity index (χ4n) is 2.23. The molecule has 1 aromatic rings. The lowest BCUT2D eigenvalue weighted by Crippen LogP contribution is -2.36. The van der Waals surface area contributed by atoms with E-state index in [0.717, 1.165) is 19.6 Å². The minimum Gasteiger partial charge on any atom is -0.495 e. The summed E-state index contributed by atoms with van der Waals surface area (Å²) >= 11 is 2.03. The van der Waals surface area contributed by atoms with Gasteiger partial charge >= 0.3 is 0 Å². The summed E-state index contributed by atoms with van der Waals surface area (Å²) in [5.41, 5.74) is 1.81. The molecule has 96 valence electrons. The molecule has 0 radical (unpaired) electrons. The Labute approximate surface area is 113 Å². The predicted molar refractivity (Wildman–Crippen MR) is 74.9 cm³/mol. The summed E-state index contributed by atoms with van der Waals surface area (Å²) in [5.74, 6) is 1.85. The van der Waals surface area contributed by atoms with Crippen LogP contribution in [0.2, 0.25) is 0 Å². The summed E-state index contributed by atoms with van der Waals surface area (Å²) in [6, 6.07) is 8.05. The van der Waals surface area contributed by atoms with Crippen molar-refractivity contribution in [3.8, 4) is 11.8 Å². The number of benzene rings is 1. The molecule has 2 rings (SSSR count). The van der Waals surface area contributed by atoms with Crippen LogP contribution in [0.1, 0.15) is 18.1 Å². The number of hydrogen-bond acceptors (Lipinski definition) is 4. The first-order chi connectivity index (χ1) is 8.72. The Morgan fingerprint density at radius 1 is 1.56 bits per heavy atom. The maximum absolute atomic E-state index is 9.07. The Morgan fingerprint density at radius 2 is 2.39 bits per heavy atom. The second-order valence-corrected chi connectivity index (χ2v) is 6.11. The van der Waals surface area contributed by atoms with Gasteiger partial charge in [0.2, 0.25) is 0 Å². The molecule has 1 atom stereocenters. The molecule has 1 heterocycles. The van der Waals surface area contributed by atoms with Crippen LogP contribution in [0.5, 0.6) is 5.75 Å². The van der Waals surface area contributed by atoms with Gasteiger partial charge in [0, 0.05) is 30.6 Å². The van der Waals surface area contributed by atoms with Crippen LogP contribution in [-0.2, 0) is 6.54 Å². The van der Waals surface area contributed by atoms with Crippen LogP contribution in [0.25, 0.3) is 0 Å². The van der Waals surface area contributed by atoms with Gasteiger partial charge in [0.1, 0.15) is 11.8 Å². The Hall–Kier alpha value is -1.18. The lowest BCUT2D eigenvalue weighted by Gasteiger charge is -2.30. The molecule has 1 fully saturated rings. The molecule has 0 spiro atoms. The highest BCUT2D eigenvalue weighted by molar-refractivity contribution is 7.99. The van der Waals surface area contributed by atoms with Crippen molar-refractivity contribution in [2.45, 2.75) is 18.7 Å². The van der Waals surface area contributed by atoms with Crippen LogP contribution in [0, 0.1) is 11.3 Å². The van der Waals surface area contributed by atoms with Crippen LogP contribution in [0.3, 0.4) is 0 Å². The highest BCUT2D eigenvalue weighted by Crippen LogP contribution is 2.22. The molecule has 0 bridgehead atoms. The van der Waals surface area contributed by atoms with E-state index in [1.54, 1.807) is 7.11 Å². The molecule has 1 aliphatic heterocycles. The quantitative estimate of drug-likeness (QED) is 0.838. The molecule has 1 aromatic carbocycles. The number of rotatable bonds is 3. The zero-order valence-corrected chi connectivity index (χ0v) is 11.7. The van der Waals surface area contributed by atoms with Crippen LogP contribution >= 0.6 is 11.8 Å². The first-order valence-electron chi connectivity index (χ1n) is 6.14. The lowest BCUT2D eigenvalue weighted by atomic mass is 10.1. The molecular formula is C14H18N2OS. The van der Waals surface area contributed by atoms with Crippen molar-refractivity contribution in [1.82, 2.24) is 4.90 Å². The molecule has 4 heteroatoms. The van der Waals surface area contributed by atoms with Gasteiger partial charge in [-0.25, -0.2) is 0 Å². The topological polar surface area (TPSA) is 36.3 Å². The SMILES string of the molecule is COc1ccc(CN2CCSC(C)C2)cc1C#N. The largest absolute Gasteiger partial charge is 0.495 e. The second-order valence-electron chi connectivity index (χ2n) is 4.56. The molecule has 0 aromatic heterocycles. The van der Waals surface area contributed by atoms with Gasteiger partial charge in [0.25, 0.3) is 0 Å². The third kappa shape index (κ3) is 3.18. The molecule has 0 aliphatic carbocycles. The van der Waals surface area contributed by atoms with E-state index in [0.29, 0.717) is 16.6 Å². The van der Waals surface area contributed by atoms with Gasteiger partial charge in [-0.15, -0.1) is 0 Å². The second kappa shape index (κ2) is 6.12.